The van der Waals surface area contributed by atoms with Crippen LogP contribution in [0.1, 0.15) is 20.3 Å². The van der Waals surface area contributed by atoms with E-state index in [0.29, 0.717) is 26.2 Å². The summed E-state index contributed by atoms with van der Waals surface area (Å²) in [5.74, 6) is 0. The first kappa shape index (κ1) is 8.97. The molecule has 1 fully saturated rings. The lowest BCUT2D eigenvalue weighted by Gasteiger charge is -2.28. The van der Waals surface area contributed by atoms with Crippen LogP contribution in [0.2, 0.25) is 0 Å². The van der Waals surface area contributed by atoms with Gasteiger partial charge in [0.1, 0.15) is 0 Å². The first-order valence-electron chi connectivity index (χ1n) is 4.00. The number of hydrogen-bond donors (Lipinski definition) is 1. The van der Waals surface area contributed by atoms with Crippen LogP contribution >= 0.6 is 0 Å². The molecule has 0 radical (unpaired) electrons. The van der Waals surface area contributed by atoms with Crippen LogP contribution in [0.3, 0.4) is 0 Å². The molecule has 0 aromatic rings. The van der Waals surface area contributed by atoms with Gasteiger partial charge in [0.2, 0.25) is 0 Å². The fourth-order valence-electron chi connectivity index (χ4n) is 1.21. The van der Waals surface area contributed by atoms with E-state index < -0.39 is 5.60 Å². The van der Waals surface area contributed by atoms with Crippen molar-refractivity contribution in [3.63, 3.8) is 0 Å². The average Bonchev–Trinajstić information content (AvgIpc) is 1.85. The summed E-state index contributed by atoms with van der Waals surface area (Å²) in [5.41, 5.74) is -0.647. The predicted octanol–water partition coefficient (Wildman–Crippen LogP) is 0.563. The van der Waals surface area contributed by atoms with Crippen molar-refractivity contribution in [2.45, 2.75) is 32.0 Å². The zero-order chi connectivity index (χ0) is 8.32. The van der Waals surface area contributed by atoms with Crippen LogP contribution in [-0.4, -0.2) is 36.6 Å². The molecule has 66 valence electrons. The monoisotopic (exact) mass is 160 g/mol. The van der Waals surface area contributed by atoms with Gasteiger partial charge in [0.05, 0.1) is 31.5 Å². The molecule has 1 saturated heterocycles. The quantitative estimate of drug-likeness (QED) is 0.641. The zero-order valence-corrected chi connectivity index (χ0v) is 7.17. The van der Waals surface area contributed by atoms with Crippen molar-refractivity contribution in [2.24, 2.45) is 0 Å². The van der Waals surface area contributed by atoms with Crippen LogP contribution in [-0.2, 0) is 9.47 Å². The van der Waals surface area contributed by atoms with Crippen LogP contribution in [0.15, 0.2) is 0 Å². The van der Waals surface area contributed by atoms with Gasteiger partial charge < -0.3 is 14.6 Å². The summed E-state index contributed by atoms with van der Waals surface area (Å²) in [7, 11) is 0. The highest BCUT2D eigenvalue weighted by atomic mass is 16.6. The Morgan fingerprint density at radius 3 is 2.64 bits per heavy atom. The normalized spacial score (nSPS) is 27.0. The van der Waals surface area contributed by atoms with Gasteiger partial charge in [0.15, 0.2) is 0 Å². The van der Waals surface area contributed by atoms with Gasteiger partial charge in [-0.25, -0.2) is 0 Å². The smallest absolute Gasteiger partial charge is 0.0836 e. The van der Waals surface area contributed by atoms with Crippen LogP contribution in [0, 0.1) is 0 Å². The Hall–Kier alpha value is -0.120. The second-order valence-corrected chi connectivity index (χ2v) is 3.58. The second kappa shape index (κ2) is 3.52. The third-order valence-corrected chi connectivity index (χ3v) is 1.61. The van der Waals surface area contributed by atoms with Crippen molar-refractivity contribution in [1.29, 1.82) is 0 Å². The van der Waals surface area contributed by atoms with E-state index >= 15 is 0 Å². The van der Waals surface area contributed by atoms with Gasteiger partial charge in [-0.3, -0.25) is 0 Å². The van der Waals surface area contributed by atoms with Crippen molar-refractivity contribution >= 4 is 0 Å². The van der Waals surface area contributed by atoms with Crippen molar-refractivity contribution < 1.29 is 14.6 Å². The van der Waals surface area contributed by atoms with Crippen molar-refractivity contribution in [1.82, 2.24) is 0 Å². The first-order chi connectivity index (χ1) is 5.08. The number of aliphatic hydroxyl groups is 1. The molecule has 0 saturated carbocycles. The Labute approximate surface area is 67.3 Å². The Morgan fingerprint density at radius 2 is 2.18 bits per heavy atom. The fraction of sp³-hybridized carbons (Fsp3) is 1.00. The number of rotatable bonds is 2. The molecule has 11 heavy (non-hydrogen) atoms. The van der Waals surface area contributed by atoms with Gasteiger partial charge in [-0.05, 0) is 13.8 Å². The molecule has 1 rings (SSSR count). The van der Waals surface area contributed by atoms with E-state index in [9.17, 15) is 5.11 Å². The SMILES string of the molecule is CC(C)(O)CC1COCCO1. The van der Waals surface area contributed by atoms with Gasteiger partial charge in [-0.1, -0.05) is 0 Å². The summed E-state index contributed by atoms with van der Waals surface area (Å²) in [4.78, 5) is 0. The molecule has 1 aliphatic rings. The van der Waals surface area contributed by atoms with E-state index in [4.69, 9.17) is 9.47 Å². The minimum Gasteiger partial charge on any atom is -0.390 e. The van der Waals surface area contributed by atoms with E-state index in [1.807, 2.05) is 0 Å². The van der Waals surface area contributed by atoms with Crippen LogP contribution < -0.4 is 0 Å². The summed E-state index contributed by atoms with van der Waals surface area (Å²) in [6.07, 6.45) is 0.719. The van der Waals surface area contributed by atoms with Gasteiger partial charge in [-0.2, -0.15) is 0 Å². The Balaban J connectivity index is 2.24. The molecule has 1 atom stereocenters. The topological polar surface area (TPSA) is 38.7 Å². The van der Waals surface area contributed by atoms with Crippen molar-refractivity contribution in [3.05, 3.63) is 0 Å². The third kappa shape index (κ3) is 3.70. The summed E-state index contributed by atoms with van der Waals surface area (Å²) in [5, 5.41) is 9.43. The molecule has 0 bridgehead atoms. The number of ether oxygens (including phenoxy) is 2. The lowest BCUT2D eigenvalue weighted by Crippen LogP contribution is -2.35. The maximum absolute atomic E-state index is 9.43. The van der Waals surface area contributed by atoms with Crippen LogP contribution in [0.4, 0.5) is 0 Å². The van der Waals surface area contributed by atoms with E-state index in [1.54, 1.807) is 13.8 Å². The lowest BCUT2D eigenvalue weighted by atomic mass is 10.0. The summed E-state index contributed by atoms with van der Waals surface area (Å²) >= 11 is 0. The molecular weight excluding hydrogens is 144 g/mol. The van der Waals surface area contributed by atoms with Crippen LogP contribution in [0.25, 0.3) is 0 Å². The fourth-order valence-corrected chi connectivity index (χ4v) is 1.21. The van der Waals surface area contributed by atoms with Gasteiger partial charge in [0.25, 0.3) is 0 Å². The Morgan fingerprint density at radius 1 is 1.45 bits per heavy atom. The highest BCUT2D eigenvalue weighted by Gasteiger charge is 2.22. The van der Waals surface area contributed by atoms with Gasteiger partial charge in [-0.15, -0.1) is 0 Å². The van der Waals surface area contributed by atoms with Crippen molar-refractivity contribution in [2.75, 3.05) is 19.8 Å². The van der Waals surface area contributed by atoms with E-state index in [0.717, 1.165) is 0 Å². The molecule has 0 aromatic heterocycles. The summed E-state index contributed by atoms with van der Waals surface area (Å²) < 4.78 is 10.6. The lowest BCUT2D eigenvalue weighted by molar-refractivity contribution is -0.113. The summed E-state index contributed by atoms with van der Waals surface area (Å²) in [6, 6.07) is 0. The van der Waals surface area contributed by atoms with Gasteiger partial charge >= 0.3 is 0 Å². The Kier molecular flexibility index (Phi) is 2.87. The van der Waals surface area contributed by atoms with Crippen LogP contribution in [0.5, 0.6) is 0 Å². The minimum absolute atomic E-state index is 0.0729. The molecule has 0 aromatic carbocycles. The van der Waals surface area contributed by atoms with E-state index in [-0.39, 0.29) is 6.10 Å². The second-order valence-electron chi connectivity index (χ2n) is 3.58. The largest absolute Gasteiger partial charge is 0.390 e. The third-order valence-electron chi connectivity index (χ3n) is 1.61. The molecule has 1 N–H and O–H groups in total. The Bertz CT molecular complexity index is 111. The molecule has 3 heteroatoms. The molecule has 0 spiro atoms. The molecule has 1 unspecified atom stereocenters. The highest BCUT2D eigenvalue weighted by molar-refractivity contribution is 4.73. The molecule has 3 nitrogen and oxygen atoms in total. The van der Waals surface area contributed by atoms with Crippen molar-refractivity contribution in [3.8, 4) is 0 Å². The standard InChI is InChI=1S/C8H16O3/c1-8(2,9)5-7-6-10-3-4-11-7/h7,9H,3-6H2,1-2H3. The van der Waals surface area contributed by atoms with E-state index in [2.05, 4.69) is 0 Å². The maximum atomic E-state index is 9.43. The molecule has 0 amide bonds. The first-order valence-corrected chi connectivity index (χ1v) is 4.00. The maximum Gasteiger partial charge on any atom is 0.0836 e. The summed E-state index contributed by atoms with van der Waals surface area (Å²) in [6.45, 7) is 5.52. The predicted molar refractivity (Wildman–Crippen MR) is 41.5 cm³/mol. The molecule has 1 aliphatic heterocycles. The van der Waals surface area contributed by atoms with E-state index in [1.165, 1.54) is 0 Å². The molecule has 0 aliphatic carbocycles. The zero-order valence-electron chi connectivity index (χ0n) is 7.17. The number of hydrogen-bond acceptors (Lipinski definition) is 3. The van der Waals surface area contributed by atoms with Gasteiger partial charge in [0, 0.05) is 6.42 Å². The highest BCUT2D eigenvalue weighted by Crippen LogP contribution is 2.15. The average molecular weight is 160 g/mol. The molecule has 1 heterocycles. The molecular formula is C8H16O3. The minimum atomic E-state index is -0.647.